The van der Waals surface area contributed by atoms with Gasteiger partial charge in [0.1, 0.15) is 0 Å². The number of fused-ring (bicyclic) bond motifs is 1. The predicted octanol–water partition coefficient (Wildman–Crippen LogP) is 3.09. The first-order valence-electron chi connectivity index (χ1n) is 10.6. The molecule has 152 valence electrons. The number of aromatic amines is 1. The van der Waals surface area contributed by atoms with Crippen molar-refractivity contribution in [2.24, 2.45) is 0 Å². The molecule has 2 aromatic rings. The zero-order valence-corrected chi connectivity index (χ0v) is 17.5. The fourth-order valence-corrected chi connectivity index (χ4v) is 4.71. The largest absolute Gasteiger partial charge is 0.388 e. The Morgan fingerprint density at radius 1 is 1.07 bits per heavy atom. The topological polar surface area (TPSA) is 55.4 Å². The molecule has 0 atom stereocenters. The molecule has 5 nitrogen and oxygen atoms in total. The van der Waals surface area contributed by atoms with Crippen molar-refractivity contribution in [2.45, 2.75) is 64.1 Å². The van der Waals surface area contributed by atoms with Crippen LogP contribution >= 0.6 is 0 Å². The summed E-state index contributed by atoms with van der Waals surface area (Å²) < 4.78 is 0. The fourth-order valence-electron chi connectivity index (χ4n) is 4.71. The summed E-state index contributed by atoms with van der Waals surface area (Å²) in [6.45, 7) is 12.2. The Labute approximate surface area is 168 Å². The molecule has 28 heavy (non-hydrogen) atoms. The molecule has 1 saturated heterocycles. The molecular formula is C23H34N4O. The molecule has 2 aliphatic heterocycles. The van der Waals surface area contributed by atoms with Crippen LogP contribution < -0.4 is 0 Å². The maximum Gasteiger partial charge on any atom is 0.0798 e. The lowest BCUT2D eigenvalue weighted by molar-refractivity contribution is -0.0492. The number of rotatable bonds is 4. The highest BCUT2D eigenvalue weighted by Crippen LogP contribution is 2.29. The lowest BCUT2D eigenvalue weighted by atomic mass is 9.87. The molecule has 1 aromatic carbocycles. The molecule has 0 saturated carbocycles. The van der Waals surface area contributed by atoms with Crippen molar-refractivity contribution in [2.75, 3.05) is 26.2 Å². The predicted molar refractivity (Wildman–Crippen MR) is 112 cm³/mol. The molecule has 4 rings (SSSR count). The van der Waals surface area contributed by atoms with Crippen molar-refractivity contribution in [1.82, 2.24) is 20.0 Å². The molecule has 1 fully saturated rings. The molecule has 3 heterocycles. The Hall–Kier alpha value is -1.69. The van der Waals surface area contributed by atoms with E-state index in [2.05, 4.69) is 65.0 Å². The number of nitrogens with zero attached hydrogens (tertiary/aromatic N) is 3. The van der Waals surface area contributed by atoms with Crippen LogP contribution in [0, 0.1) is 0 Å². The molecule has 0 bridgehead atoms. The number of β-amino-alcohol motifs (C(OH)–C–C–N with tert-alkyl or cyclic N) is 1. The molecular weight excluding hydrogens is 348 g/mol. The second-order valence-electron chi connectivity index (χ2n) is 9.75. The van der Waals surface area contributed by atoms with Crippen molar-refractivity contribution in [1.29, 1.82) is 0 Å². The van der Waals surface area contributed by atoms with Crippen molar-refractivity contribution >= 4 is 0 Å². The first-order chi connectivity index (χ1) is 13.3. The molecule has 1 aromatic heterocycles. The van der Waals surface area contributed by atoms with Crippen molar-refractivity contribution in [3.8, 4) is 0 Å². The van der Waals surface area contributed by atoms with Crippen LogP contribution in [-0.2, 0) is 24.9 Å². The van der Waals surface area contributed by atoms with E-state index in [9.17, 15) is 5.11 Å². The van der Waals surface area contributed by atoms with Crippen molar-refractivity contribution in [3.63, 3.8) is 0 Å². The van der Waals surface area contributed by atoms with Crippen LogP contribution in [0.1, 0.15) is 56.0 Å². The van der Waals surface area contributed by atoms with Crippen LogP contribution in [0.25, 0.3) is 0 Å². The average Bonchev–Trinajstić information content (AvgIpc) is 3.12. The Morgan fingerprint density at radius 2 is 1.79 bits per heavy atom. The van der Waals surface area contributed by atoms with Gasteiger partial charge in [0.2, 0.25) is 0 Å². The van der Waals surface area contributed by atoms with Crippen LogP contribution in [0.15, 0.2) is 30.5 Å². The minimum Gasteiger partial charge on any atom is -0.388 e. The molecule has 0 unspecified atom stereocenters. The molecule has 2 aliphatic rings. The highest BCUT2D eigenvalue weighted by atomic mass is 16.3. The summed E-state index contributed by atoms with van der Waals surface area (Å²) in [7, 11) is 0. The van der Waals surface area contributed by atoms with Crippen molar-refractivity contribution < 1.29 is 5.11 Å². The lowest BCUT2D eigenvalue weighted by Gasteiger charge is -2.42. The number of aromatic nitrogens is 2. The minimum atomic E-state index is -0.563. The van der Waals surface area contributed by atoms with Gasteiger partial charge in [0.05, 0.1) is 11.8 Å². The van der Waals surface area contributed by atoms with E-state index in [1.54, 1.807) is 0 Å². The third-order valence-corrected chi connectivity index (χ3v) is 6.38. The second kappa shape index (κ2) is 7.62. The van der Waals surface area contributed by atoms with Crippen LogP contribution in [0.4, 0.5) is 0 Å². The van der Waals surface area contributed by atoms with Gasteiger partial charge in [0.15, 0.2) is 0 Å². The van der Waals surface area contributed by atoms with E-state index in [1.165, 1.54) is 22.4 Å². The second-order valence-corrected chi connectivity index (χ2v) is 9.75. The van der Waals surface area contributed by atoms with E-state index in [1.807, 2.05) is 6.20 Å². The first-order valence-corrected chi connectivity index (χ1v) is 10.6. The molecule has 0 amide bonds. The standard InChI is InChI=1S/C23H34N4O/c1-22(2,3)21-20(14-24-25-21)16-26-12-9-23(28,10-13-26)17-27-11-8-18-6-4-5-7-19(18)15-27/h4-7,14,28H,8-13,15-17H2,1-3H3,(H,24,25). The molecule has 2 N–H and O–H groups in total. The third kappa shape index (κ3) is 4.32. The number of H-pyrrole nitrogens is 1. The maximum absolute atomic E-state index is 11.2. The number of nitrogens with one attached hydrogen (secondary N) is 1. The van der Waals surface area contributed by atoms with Crippen LogP contribution in [0.2, 0.25) is 0 Å². The summed E-state index contributed by atoms with van der Waals surface area (Å²) >= 11 is 0. The zero-order chi connectivity index (χ0) is 19.8. The van der Waals surface area contributed by atoms with Gasteiger partial charge in [-0.15, -0.1) is 0 Å². The number of benzene rings is 1. The highest BCUT2D eigenvalue weighted by molar-refractivity contribution is 5.29. The minimum absolute atomic E-state index is 0.0763. The Kier molecular flexibility index (Phi) is 5.34. The van der Waals surface area contributed by atoms with Crippen LogP contribution in [0.5, 0.6) is 0 Å². The number of hydrogen-bond acceptors (Lipinski definition) is 4. The lowest BCUT2D eigenvalue weighted by Crippen LogP contribution is -2.51. The average molecular weight is 383 g/mol. The Bertz CT molecular complexity index is 799. The number of piperidine rings is 1. The number of hydrogen-bond donors (Lipinski definition) is 2. The first kappa shape index (κ1) is 19.6. The summed E-state index contributed by atoms with van der Waals surface area (Å²) in [4.78, 5) is 4.89. The van der Waals surface area contributed by atoms with Crippen LogP contribution in [0.3, 0.4) is 0 Å². The van der Waals surface area contributed by atoms with Gasteiger partial charge in [-0.1, -0.05) is 45.0 Å². The quantitative estimate of drug-likeness (QED) is 0.853. The van der Waals surface area contributed by atoms with Gasteiger partial charge in [0.25, 0.3) is 0 Å². The van der Waals surface area contributed by atoms with Crippen LogP contribution in [-0.4, -0.2) is 56.9 Å². The Balaban J connectivity index is 1.32. The van der Waals surface area contributed by atoms with E-state index < -0.39 is 5.60 Å². The number of aliphatic hydroxyl groups is 1. The monoisotopic (exact) mass is 382 g/mol. The normalized spacial score (nSPS) is 20.9. The van der Waals surface area contributed by atoms with Gasteiger partial charge in [-0.2, -0.15) is 5.10 Å². The third-order valence-electron chi connectivity index (χ3n) is 6.38. The van der Waals surface area contributed by atoms with E-state index in [0.717, 1.165) is 58.5 Å². The smallest absolute Gasteiger partial charge is 0.0798 e. The van der Waals surface area contributed by atoms with Gasteiger partial charge in [-0.05, 0) is 30.4 Å². The van der Waals surface area contributed by atoms with E-state index in [0.29, 0.717) is 0 Å². The summed E-state index contributed by atoms with van der Waals surface area (Å²) in [6, 6.07) is 8.72. The van der Waals surface area contributed by atoms with Gasteiger partial charge in [0, 0.05) is 55.9 Å². The van der Waals surface area contributed by atoms with Gasteiger partial charge < -0.3 is 5.11 Å². The molecule has 5 heteroatoms. The molecule has 0 spiro atoms. The van der Waals surface area contributed by atoms with Crippen molar-refractivity contribution in [3.05, 3.63) is 52.8 Å². The Morgan fingerprint density at radius 3 is 2.50 bits per heavy atom. The SMILES string of the molecule is CC(C)(C)c1[nH]ncc1CN1CCC(O)(CN2CCc3ccccc3C2)CC1. The molecule has 0 radical (unpaired) electrons. The summed E-state index contributed by atoms with van der Waals surface area (Å²) in [5.41, 5.74) is 4.91. The fraction of sp³-hybridized carbons (Fsp3) is 0.609. The maximum atomic E-state index is 11.2. The number of likely N-dealkylation sites (tertiary alicyclic amines) is 1. The summed E-state index contributed by atoms with van der Waals surface area (Å²) in [5, 5.41) is 18.7. The zero-order valence-electron chi connectivity index (χ0n) is 17.5. The molecule has 0 aliphatic carbocycles. The van der Waals surface area contributed by atoms with E-state index in [4.69, 9.17) is 0 Å². The summed E-state index contributed by atoms with van der Waals surface area (Å²) in [6.07, 6.45) is 4.74. The van der Waals surface area contributed by atoms with E-state index in [-0.39, 0.29) is 5.41 Å². The summed E-state index contributed by atoms with van der Waals surface area (Å²) in [5.74, 6) is 0. The highest BCUT2D eigenvalue weighted by Gasteiger charge is 2.35. The van der Waals surface area contributed by atoms with Gasteiger partial charge in [-0.25, -0.2) is 0 Å². The van der Waals surface area contributed by atoms with Gasteiger partial charge >= 0.3 is 0 Å². The van der Waals surface area contributed by atoms with E-state index >= 15 is 0 Å². The van der Waals surface area contributed by atoms with Gasteiger partial charge in [-0.3, -0.25) is 14.9 Å².